The van der Waals surface area contributed by atoms with Crippen LogP contribution in [0.15, 0.2) is 10.3 Å². The Bertz CT molecular complexity index is 653. The van der Waals surface area contributed by atoms with Crippen molar-refractivity contribution in [2.75, 3.05) is 7.11 Å². The number of carboxylic acids is 1. The summed E-state index contributed by atoms with van der Waals surface area (Å²) in [6, 6.07) is 0.192. The number of nitrogens with two attached hydrogens (primary N) is 1. The molecular formula is C12H18N2O6S2. The molecule has 0 spiro atoms. The number of amides is 1. The summed E-state index contributed by atoms with van der Waals surface area (Å²) in [6.45, 7) is 1.91. The van der Waals surface area contributed by atoms with E-state index >= 15 is 0 Å². The van der Waals surface area contributed by atoms with E-state index in [4.69, 9.17) is 15.0 Å². The number of carbonyl (C=O) groups excluding carboxylic acids is 1. The Labute approximate surface area is 132 Å². The summed E-state index contributed by atoms with van der Waals surface area (Å²) in [6.07, 6.45) is 1.73. The zero-order valence-electron chi connectivity index (χ0n) is 12.2. The molecule has 0 aliphatic carbocycles. The maximum absolute atomic E-state index is 12.1. The predicted molar refractivity (Wildman–Crippen MR) is 80.7 cm³/mol. The molecule has 0 fully saturated rings. The van der Waals surface area contributed by atoms with E-state index in [1.165, 1.54) is 13.2 Å². The number of hydrogen-bond donors (Lipinski definition) is 3. The van der Waals surface area contributed by atoms with Crippen LogP contribution in [0.25, 0.3) is 0 Å². The fourth-order valence-electron chi connectivity index (χ4n) is 1.71. The number of methoxy groups -OCH3 is 1. The van der Waals surface area contributed by atoms with Crippen LogP contribution >= 0.6 is 11.3 Å². The highest BCUT2D eigenvalue weighted by molar-refractivity contribution is 7.91. The van der Waals surface area contributed by atoms with Crippen molar-refractivity contribution in [2.45, 2.75) is 36.4 Å². The molecule has 0 aromatic carbocycles. The average molecular weight is 350 g/mol. The topological polar surface area (TPSA) is 136 Å². The molecule has 0 unspecified atom stereocenters. The van der Waals surface area contributed by atoms with Crippen molar-refractivity contribution in [1.82, 2.24) is 5.32 Å². The molecule has 8 nitrogen and oxygen atoms in total. The lowest BCUT2D eigenvalue weighted by Gasteiger charge is -2.13. The Balaban J connectivity index is 2.98. The first-order chi connectivity index (χ1) is 10.2. The van der Waals surface area contributed by atoms with Gasteiger partial charge in [0, 0.05) is 6.07 Å². The third-order valence-electron chi connectivity index (χ3n) is 2.82. The smallest absolute Gasteiger partial charge is 0.326 e. The van der Waals surface area contributed by atoms with Crippen LogP contribution in [-0.4, -0.2) is 38.6 Å². The van der Waals surface area contributed by atoms with Gasteiger partial charge in [-0.15, -0.1) is 11.3 Å². The average Bonchev–Trinajstić information content (AvgIpc) is 2.87. The third-order valence-corrected chi connectivity index (χ3v) is 5.39. The molecule has 1 heterocycles. The Morgan fingerprint density at radius 1 is 1.50 bits per heavy atom. The molecule has 1 amide bonds. The van der Waals surface area contributed by atoms with Gasteiger partial charge in [-0.25, -0.2) is 18.4 Å². The minimum absolute atomic E-state index is 0.0172. The van der Waals surface area contributed by atoms with Crippen molar-refractivity contribution in [2.24, 2.45) is 5.14 Å². The molecule has 124 valence electrons. The molecule has 1 aromatic rings. The van der Waals surface area contributed by atoms with Gasteiger partial charge in [0.2, 0.25) is 0 Å². The summed E-state index contributed by atoms with van der Waals surface area (Å²) in [5.74, 6) is -1.86. The number of primary sulfonamides is 1. The first-order valence-corrected chi connectivity index (χ1v) is 8.81. The number of thiophene rings is 1. The largest absolute Gasteiger partial charge is 0.494 e. The Kier molecular flexibility index (Phi) is 6.33. The second kappa shape index (κ2) is 7.56. The van der Waals surface area contributed by atoms with Crippen LogP contribution in [-0.2, 0) is 14.8 Å². The molecule has 0 aliphatic heterocycles. The van der Waals surface area contributed by atoms with Crippen LogP contribution in [0.1, 0.15) is 35.9 Å². The van der Waals surface area contributed by atoms with E-state index in [0.717, 1.165) is 6.42 Å². The second-order valence-electron chi connectivity index (χ2n) is 4.52. The molecule has 0 saturated carbocycles. The van der Waals surface area contributed by atoms with Gasteiger partial charge in [-0.3, -0.25) is 4.79 Å². The first-order valence-electron chi connectivity index (χ1n) is 6.45. The zero-order valence-corrected chi connectivity index (χ0v) is 13.8. The summed E-state index contributed by atoms with van der Waals surface area (Å²) in [5, 5.41) is 16.5. The highest BCUT2D eigenvalue weighted by Gasteiger charge is 2.25. The summed E-state index contributed by atoms with van der Waals surface area (Å²) in [5.41, 5.74) is 0. The minimum atomic E-state index is -4.02. The van der Waals surface area contributed by atoms with Gasteiger partial charge in [-0.05, 0) is 6.42 Å². The Hall–Kier alpha value is -1.65. The lowest BCUT2D eigenvalue weighted by molar-refractivity contribution is -0.139. The van der Waals surface area contributed by atoms with Crippen molar-refractivity contribution in [3.8, 4) is 5.75 Å². The number of rotatable bonds is 8. The predicted octanol–water partition coefficient (Wildman–Crippen LogP) is 0.777. The quantitative estimate of drug-likeness (QED) is 0.634. The summed E-state index contributed by atoms with van der Waals surface area (Å²) in [4.78, 5) is 23.2. The van der Waals surface area contributed by atoms with Crippen LogP contribution in [0, 0.1) is 0 Å². The number of hydrogen-bond acceptors (Lipinski definition) is 6. The van der Waals surface area contributed by atoms with Crippen LogP contribution < -0.4 is 15.2 Å². The van der Waals surface area contributed by atoms with Gasteiger partial charge in [0.1, 0.15) is 6.04 Å². The van der Waals surface area contributed by atoms with Gasteiger partial charge in [0.15, 0.2) is 9.96 Å². The van der Waals surface area contributed by atoms with Crippen molar-refractivity contribution < 1.29 is 27.9 Å². The van der Waals surface area contributed by atoms with Crippen molar-refractivity contribution in [3.63, 3.8) is 0 Å². The minimum Gasteiger partial charge on any atom is -0.494 e. The molecule has 22 heavy (non-hydrogen) atoms. The molecule has 10 heteroatoms. The molecule has 1 atom stereocenters. The number of carboxylic acid groups (broad SMARTS) is 1. The molecule has 1 rings (SSSR count). The maximum Gasteiger partial charge on any atom is 0.326 e. The van der Waals surface area contributed by atoms with E-state index in [-0.39, 0.29) is 14.8 Å². The van der Waals surface area contributed by atoms with E-state index in [0.29, 0.717) is 24.2 Å². The molecule has 0 aliphatic rings. The highest BCUT2D eigenvalue weighted by atomic mass is 32.2. The molecule has 0 saturated heterocycles. The molecule has 0 radical (unpaired) electrons. The molecule has 1 aromatic heterocycles. The lowest BCUT2D eigenvalue weighted by atomic mass is 10.1. The van der Waals surface area contributed by atoms with Crippen LogP contribution in [0.5, 0.6) is 5.75 Å². The van der Waals surface area contributed by atoms with Gasteiger partial charge in [0.05, 0.1) is 12.0 Å². The van der Waals surface area contributed by atoms with Gasteiger partial charge in [-0.2, -0.15) is 0 Å². The van der Waals surface area contributed by atoms with E-state index in [9.17, 15) is 18.0 Å². The summed E-state index contributed by atoms with van der Waals surface area (Å²) in [7, 11) is -2.77. The SMILES string of the molecule is CCCC[C@H](NC(=O)c1cc(OC)c(S(N)(=O)=O)s1)C(=O)O. The number of nitrogens with one attached hydrogen (secondary N) is 1. The number of carbonyl (C=O) groups is 2. The number of aliphatic carboxylic acids is 1. The van der Waals surface area contributed by atoms with Gasteiger partial charge >= 0.3 is 5.97 Å². The van der Waals surface area contributed by atoms with Gasteiger partial charge in [-0.1, -0.05) is 19.8 Å². The normalized spacial score (nSPS) is 12.7. The zero-order chi connectivity index (χ0) is 16.9. The fourth-order valence-corrected chi connectivity index (χ4v) is 3.62. The summed E-state index contributed by atoms with van der Waals surface area (Å²) < 4.78 is 27.4. The van der Waals surface area contributed by atoms with E-state index in [2.05, 4.69) is 5.32 Å². The van der Waals surface area contributed by atoms with E-state index < -0.39 is 27.9 Å². The first kappa shape index (κ1) is 18.4. The van der Waals surface area contributed by atoms with Crippen LogP contribution in [0.3, 0.4) is 0 Å². The Morgan fingerprint density at radius 2 is 2.14 bits per heavy atom. The third kappa shape index (κ3) is 4.68. The van der Waals surface area contributed by atoms with Gasteiger partial charge < -0.3 is 15.2 Å². The molecule has 0 bridgehead atoms. The summed E-state index contributed by atoms with van der Waals surface area (Å²) >= 11 is 0.634. The monoisotopic (exact) mass is 350 g/mol. The van der Waals surface area contributed by atoms with Crippen molar-refractivity contribution in [1.29, 1.82) is 0 Å². The highest BCUT2D eigenvalue weighted by Crippen LogP contribution is 2.32. The fraction of sp³-hybridized carbons (Fsp3) is 0.500. The van der Waals surface area contributed by atoms with Crippen molar-refractivity contribution in [3.05, 3.63) is 10.9 Å². The standard InChI is InChI=1S/C12H18N2O6S2/c1-3-4-5-7(11(16)17)14-10(15)9-6-8(20-2)12(21-9)22(13,18)19/h6-7H,3-5H2,1-2H3,(H,14,15)(H,16,17)(H2,13,18,19)/t7-/m0/s1. The molecule has 4 N–H and O–H groups in total. The second-order valence-corrected chi connectivity index (χ2v) is 7.33. The van der Waals surface area contributed by atoms with Crippen LogP contribution in [0.4, 0.5) is 0 Å². The Morgan fingerprint density at radius 3 is 2.55 bits per heavy atom. The number of unbranched alkanes of at least 4 members (excludes halogenated alkanes) is 1. The van der Waals surface area contributed by atoms with Crippen LogP contribution in [0.2, 0.25) is 0 Å². The molecular weight excluding hydrogens is 332 g/mol. The number of ether oxygens (including phenoxy) is 1. The van der Waals surface area contributed by atoms with E-state index in [1.54, 1.807) is 0 Å². The van der Waals surface area contributed by atoms with E-state index in [1.807, 2.05) is 6.92 Å². The lowest BCUT2D eigenvalue weighted by Crippen LogP contribution is -2.40. The van der Waals surface area contributed by atoms with Crippen molar-refractivity contribution >= 4 is 33.2 Å². The maximum atomic E-state index is 12.1. The number of sulfonamides is 1. The van der Waals surface area contributed by atoms with Gasteiger partial charge in [0.25, 0.3) is 15.9 Å².